The topological polar surface area (TPSA) is 51.5 Å². The zero-order valence-electron chi connectivity index (χ0n) is 13.4. The molecule has 1 aliphatic carbocycles. The van der Waals surface area contributed by atoms with E-state index < -0.39 is 6.17 Å². The van der Waals surface area contributed by atoms with E-state index in [-0.39, 0.29) is 5.60 Å². The molecular formula is C17H21FN4O. The first kappa shape index (κ1) is 14.6. The van der Waals surface area contributed by atoms with E-state index in [1.54, 1.807) is 16.9 Å². The molecule has 23 heavy (non-hydrogen) atoms. The van der Waals surface area contributed by atoms with E-state index in [9.17, 15) is 4.39 Å². The minimum Gasteiger partial charge on any atom is -0.375 e. The quantitative estimate of drug-likeness (QED) is 0.925. The molecule has 2 aromatic heterocycles. The van der Waals surface area contributed by atoms with Crippen LogP contribution in [0.4, 0.5) is 10.2 Å². The number of alkyl halides is 1. The average molecular weight is 316 g/mol. The number of nitrogens with zero attached hydrogens (tertiary/aromatic N) is 3. The maximum absolute atomic E-state index is 13.5. The Kier molecular flexibility index (Phi) is 3.37. The molecule has 2 unspecified atom stereocenters. The molecule has 122 valence electrons. The fourth-order valence-corrected chi connectivity index (χ4v) is 3.45. The SMILES string of the molecule is CC1(C)CC(Nc2cc3c4c(nn3cn2)CC(F)C=C4)CCO1. The fourth-order valence-electron chi connectivity index (χ4n) is 3.45. The Labute approximate surface area is 134 Å². The van der Waals surface area contributed by atoms with Crippen LogP contribution in [0.25, 0.3) is 11.6 Å². The Morgan fingerprint density at radius 3 is 3.13 bits per heavy atom. The number of allylic oxidation sites excluding steroid dienone is 1. The van der Waals surface area contributed by atoms with Gasteiger partial charge in [0.15, 0.2) is 0 Å². The number of halogens is 1. The van der Waals surface area contributed by atoms with Gasteiger partial charge in [-0.15, -0.1) is 0 Å². The van der Waals surface area contributed by atoms with Crippen molar-refractivity contribution < 1.29 is 9.13 Å². The predicted molar refractivity (Wildman–Crippen MR) is 87.3 cm³/mol. The van der Waals surface area contributed by atoms with Gasteiger partial charge in [0.25, 0.3) is 0 Å². The molecule has 6 heteroatoms. The van der Waals surface area contributed by atoms with Gasteiger partial charge in [-0.3, -0.25) is 0 Å². The van der Waals surface area contributed by atoms with Crippen molar-refractivity contribution in [1.29, 1.82) is 0 Å². The maximum Gasteiger partial charge on any atom is 0.130 e. The van der Waals surface area contributed by atoms with Gasteiger partial charge in [0.2, 0.25) is 0 Å². The van der Waals surface area contributed by atoms with Crippen LogP contribution in [0.2, 0.25) is 0 Å². The number of hydrogen-bond donors (Lipinski definition) is 1. The summed E-state index contributed by atoms with van der Waals surface area (Å²) in [5.74, 6) is 0.832. The van der Waals surface area contributed by atoms with Crippen LogP contribution in [-0.2, 0) is 11.2 Å². The van der Waals surface area contributed by atoms with Crippen LogP contribution < -0.4 is 5.32 Å². The molecule has 1 fully saturated rings. The lowest BCUT2D eigenvalue weighted by molar-refractivity contribution is -0.0553. The van der Waals surface area contributed by atoms with Gasteiger partial charge in [-0.05, 0) is 32.8 Å². The van der Waals surface area contributed by atoms with E-state index in [2.05, 4.69) is 29.2 Å². The Morgan fingerprint density at radius 2 is 2.30 bits per heavy atom. The van der Waals surface area contributed by atoms with Crippen LogP contribution in [-0.4, -0.2) is 39.0 Å². The standard InChI is InChI=1S/C17H21FN4O/c1-17(2)9-12(5-6-23-17)20-16-8-15-13-4-3-11(18)7-14(13)21-22(15)10-19-16/h3-4,8,10-12,20H,5-7,9H2,1-2H3. The van der Waals surface area contributed by atoms with Gasteiger partial charge in [0, 0.05) is 30.7 Å². The van der Waals surface area contributed by atoms with E-state index in [1.807, 2.05) is 12.1 Å². The van der Waals surface area contributed by atoms with Crippen LogP contribution in [0.5, 0.6) is 0 Å². The summed E-state index contributed by atoms with van der Waals surface area (Å²) in [5, 5.41) is 7.93. The molecule has 0 amide bonds. The molecule has 1 N–H and O–H groups in total. The summed E-state index contributed by atoms with van der Waals surface area (Å²) in [6, 6.07) is 2.34. The monoisotopic (exact) mass is 316 g/mol. The molecule has 0 saturated carbocycles. The summed E-state index contributed by atoms with van der Waals surface area (Å²) in [6.45, 7) is 4.99. The molecule has 0 bridgehead atoms. The third-order valence-corrected chi connectivity index (χ3v) is 4.55. The van der Waals surface area contributed by atoms with E-state index >= 15 is 0 Å². The van der Waals surface area contributed by atoms with Crippen LogP contribution in [0, 0.1) is 0 Å². The van der Waals surface area contributed by atoms with E-state index in [4.69, 9.17) is 4.74 Å². The minimum atomic E-state index is -0.942. The van der Waals surface area contributed by atoms with Gasteiger partial charge < -0.3 is 10.1 Å². The lowest BCUT2D eigenvalue weighted by Crippen LogP contribution is -2.40. The van der Waals surface area contributed by atoms with Gasteiger partial charge >= 0.3 is 0 Å². The highest BCUT2D eigenvalue weighted by Crippen LogP contribution is 2.28. The van der Waals surface area contributed by atoms with Crippen LogP contribution in [0.1, 0.15) is 37.9 Å². The van der Waals surface area contributed by atoms with E-state index in [0.717, 1.165) is 42.0 Å². The van der Waals surface area contributed by atoms with Crippen molar-refractivity contribution in [2.24, 2.45) is 0 Å². The number of rotatable bonds is 2. The molecule has 2 atom stereocenters. The lowest BCUT2D eigenvalue weighted by atomic mass is 9.94. The Bertz CT molecular complexity index is 767. The molecule has 0 spiro atoms. The van der Waals surface area contributed by atoms with E-state index in [0.29, 0.717) is 12.5 Å². The molecule has 5 nitrogen and oxygen atoms in total. The van der Waals surface area contributed by atoms with E-state index in [1.165, 1.54) is 0 Å². The highest BCUT2D eigenvalue weighted by atomic mass is 19.1. The second-order valence-electron chi connectivity index (χ2n) is 6.99. The highest BCUT2D eigenvalue weighted by molar-refractivity contribution is 5.74. The molecule has 2 aromatic rings. The van der Waals surface area contributed by atoms with Crippen molar-refractivity contribution in [2.45, 2.75) is 50.9 Å². The first-order chi connectivity index (χ1) is 11.0. The summed E-state index contributed by atoms with van der Waals surface area (Å²) in [4.78, 5) is 4.44. The molecule has 1 saturated heterocycles. The van der Waals surface area contributed by atoms with Gasteiger partial charge in [-0.2, -0.15) is 5.10 Å². The molecule has 3 heterocycles. The average Bonchev–Trinajstić information content (AvgIpc) is 2.83. The molecule has 0 radical (unpaired) electrons. The molecule has 4 rings (SSSR count). The number of fused-ring (bicyclic) bond motifs is 3. The highest BCUT2D eigenvalue weighted by Gasteiger charge is 2.29. The fraction of sp³-hybridized carbons (Fsp3) is 0.529. The third-order valence-electron chi connectivity index (χ3n) is 4.55. The summed E-state index contributed by atoms with van der Waals surface area (Å²) < 4.78 is 21.0. The van der Waals surface area contributed by atoms with Crippen molar-refractivity contribution in [1.82, 2.24) is 14.6 Å². The second kappa shape index (κ2) is 5.30. The molecule has 1 aliphatic heterocycles. The summed E-state index contributed by atoms with van der Waals surface area (Å²) in [6.07, 6.45) is 6.43. The first-order valence-corrected chi connectivity index (χ1v) is 8.10. The predicted octanol–water partition coefficient (Wildman–Crippen LogP) is 3.01. The zero-order valence-corrected chi connectivity index (χ0v) is 13.4. The minimum absolute atomic E-state index is 0.103. The molecule has 0 aromatic carbocycles. The molecule has 2 aliphatic rings. The second-order valence-corrected chi connectivity index (χ2v) is 6.99. The van der Waals surface area contributed by atoms with Crippen molar-refractivity contribution in [3.05, 3.63) is 29.7 Å². The number of nitrogens with one attached hydrogen (secondary N) is 1. The number of ether oxygens (including phenoxy) is 1. The van der Waals surface area contributed by atoms with Crippen molar-refractivity contribution in [3.8, 4) is 0 Å². The summed E-state index contributed by atoms with van der Waals surface area (Å²) in [5.41, 5.74) is 2.66. The van der Waals surface area contributed by atoms with Crippen molar-refractivity contribution in [3.63, 3.8) is 0 Å². The largest absolute Gasteiger partial charge is 0.375 e. The van der Waals surface area contributed by atoms with Crippen LogP contribution in [0.15, 0.2) is 18.5 Å². The summed E-state index contributed by atoms with van der Waals surface area (Å²) in [7, 11) is 0. The number of anilines is 1. The normalized spacial score (nSPS) is 26.2. The van der Waals surface area contributed by atoms with Crippen LogP contribution in [0.3, 0.4) is 0 Å². The Morgan fingerprint density at radius 1 is 1.43 bits per heavy atom. The lowest BCUT2D eigenvalue weighted by Gasteiger charge is -2.36. The zero-order chi connectivity index (χ0) is 16.0. The third kappa shape index (κ3) is 2.83. The summed E-state index contributed by atoms with van der Waals surface area (Å²) >= 11 is 0. The Hall–Kier alpha value is -1.95. The maximum atomic E-state index is 13.5. The Balaban J connectivity index is 1.61. The van der Waals surface area contributed by atoms with Crippen LogP contribution >= 0.6 is 0 Å². The van der Waals surface area contributed by atoms with Crippen molar-refractivity contribution in [2.75, 3.05) is 11.9 Å². The van der Waals surface area contributed by atoms with Gasteiger partial charge in [-0.25, -0.2) is 13.9 Å². The smallest absolute Gasteiger partial charge is 0.130 e. The molecular weight excluding hydrogens is 295 g/mol. The number of aromatic nitrogens is 3. The van der Waals surface area contributed by atoms with Gasteiger partial charge in [0.1, 0.15) is 18.3 Å². The van der Waals surface area contributed by atoms with Crippen molar-refractivity contribution >= 4 is 17.4 Å². The number of hydrogen-bond acceptors (Lipinski definition) is 4. The van der Waals surface area contributed by atoms with Gasteiger partial charge in [0.05, 0.1) is 16.8 Å². The first-order valence-electron chi connectivity index (χ1n) is 8.10. The van der Waals surface area contributed by atoms with Gasteiger partial charge in [-0.1, -0.05) is 6.08 Å².